The number of aromatic nitrogens is 2. The second-order valence-electron chi connectivity index (χ2n) is 7.17. The van der Waals surface area contributed by atoms with Gasteiger partial charge in [0.15, 0.2) is 12.1 Å². The molecule has 162 valence electrons. The van der Waals surface area contributed by atoms with Gasteiger partial charge in [0.25, 0.3) is 0 Å². The van der Waals surface area contributed by atoms with E-state index in [9.17, 15) is 9.59 Å². The number of carboxylic acid groups (broad SMARTS) is 1. The highest BCUT2D eigenvalue weighted by molar-refractivity contribution is 7.99. The summed E-state index contributed by atoms with van der Waals surface area (Å²) in [7, 11) is 0. The lowest BCUT2D eigenvalue weighted by Crippen LogP contribution is -2.45. The van der Waals surface area contributed by atoms with Gasteiger partial charge < -0.3 is 19.7 Å². The fourth-order valence-corrected chi connectivity index (χ4v) is 3.35. The van der Waals surface area contributed by atoms with Crippen molar-refractivity contribution in [1.29, 1.82) is 0 Å². The first-order chi connectivity index (χ1) is 13.5. The summed E-state index contributed by atoms with van der Waals surface area (Å²) in [5, 5.41) is 15.9. The Morgan fingerprint density at radius 3 is 2.69 bits per heavy atom. The van der Waals surface area contributed by atoms with E-state index in [2.05, 4.69) is 25.9 Å². The van der Waals surface area contributed by atoms with Gasteiger partial charge in [0.1, 0.15) is 11.4 Å². The molecule has 1 aromatic rings. The number of aliphatic imine (C=N–C) groups is 1. The van der Waals surface area contributed by atoms with Gasteiger partial charge in [-0.25, -0.2) is 24.8 Å². The average molecular weight is 430 g/mol. The number of nitrogens with zero attached hydrogens (tertiary/aromatic N) is 4. The van der Waals surface area contributed by atoms with Crippen LogP contribution in [0.3, 0.4) is 0 Å². The fourth-order valence-electron chi connectivity index (χ4n) is 2.29. The molecule has 1 aromatic heterocycles. The standard InChI is InChI=1S/C16H26N6O6S/c1-9-17-11(27-21-9)6-7-29-13(19-14(23)24)8-12-18-10(2)22(28-12)20-15(25)26-16(3,4)5/h12-13,19H,6-8H2,1-5H3,(H,20,25)(H,23,24). The molecule has 2 amide bonds. The van der Waals surface area contributed by atoms with Crippen LogP contribution in [0.2, 0.25) is 0 Å². The lowest BCUT2D eigenvalue weighted by molar-refractivity contribution is -0.152. The molecule has 13 heteroatoms. The lowest BCUT2D eigenvalue weighted by Gasteiger charge is -2.24. The van der Waals surface area contributed by atoms with Crippen molar-refractivity contribution in [3.05, 3.63) is 11.7 Å². The van der Waals surface area contributed by atoms with Crippen molar-refractivity contribution in [3.8, 4) is 0 Å². The summed E-state index contributed by atoms with van der Waals surface area (Å²) in [5.74, 6) is 2.01. The molecule has 0 fully saturated rings. The quantitative estimate of drug-likeness (QED) is 0.523. The van der Waals surface area contributed by atoms with E-state index in [-0.39, 0.29) is 6.42 Å². The van der Waals surface area contributed by atoms with Gasteiger partial charge in [-0.15, -0.1) is 16.9 Å². The van der Waals surface area contributed by atoms with Gasteiger partial charge in [0, 0.05) is 18.6 Å². The Balaban J connectivity index is 1.85. The van der Waals surface area contributed by atoms with Crippen molar-refractivity contribution < 1.29 is 28.8 Å². The third kappa shape index (κ3) is 8.15. The second kappa shape index (κ2) is 9.78. The maximum absolute atomic E-state index is 11.9. The molecule has 2 atom stereocenters. The molecular formula is C16H26N6O6S. The van der Waals surface area contributed by atoms with Gasteiger partial charge in [0.2, 0.25) is 5.89 Å². The van der Waals surface area contributed by atoms with Crippen LogP contribution in [-0.4, -0.2) is 61.4 Å². The molecule has 0 aliphatic carbocycles. The first kappa shape index (κ1) is 22.7. The van der Waals surface area contributed by atoms with E-state index in [4.69, 9.17) is 19.2 Å². The third-order valence-corrected chi connectivity index (χ3v) is 4.50. The SMILES string of the molecule is CC1=NC(CC(NC(=O)O)SCCc2nc(C)no2)ON1NC(=O)OC(C)(C)C. The molecule has 2 unspecified atom stereocenters. The average Bonchev–Trinajstić information content (AvgIpc) is 3.11. The molecule has 0 bridgehead atoms. The largest absolute Gasteiger partial charge is 0.465 e. The summed E-state index contributed by atoms with van der Waals surface area (Å²) >= 11 is 1.37. The number of rotatable bonds is 8. The summed E-state index contributed by atoms with van der Waals surface area (Å²) in [6, 6.07) is 0. The number of thioether (sulfide) groups is 1. The highest BCUT2D eigenvalue weighted by atomic mass is 32.2. The van der Waals surface area contributed by atoms with Crippen molar-refractivity contribution in [2.45, 2.75) is 64.7 Å². The Morgan fingerprint density at radius 2 is 2.10 bits per heavy atom. The number of ether oxygens (including phenoxy) is 1. The van der Waals surface area contributed by atoms with Crippen LogP contribution in [0.4, 0.5) is 9.59 Å². The summed E-state index contributed by atoms with van der Waals surface area (Å²) in [5.41, 5.74) is 1.79. The van der Waals surface area contributed by atoms with Gasteiger partial charge in [-0.1, -0.05) is 5.16 Å². The Hall–Kier alpha value is -2.54. The van der Waals surface area contributed by atoms with Crippen molar-refractivity contribution in [3.63, 3.8) is 0 Å². The zero-order valence-corrected chi connectivity index (χ0v) is 17.8. The minimum absolute atomic E-state index is 0.254. The van der Waals surface area contributed by atoms with E-state index in [0.717, 1.165) is 5.17 Å². The van der Waals surface area contributed by atoms with Gasteiger partial charge in [-0.2, -0.15) is 4.98 Å². The molecule has 3 N–H and O–H groups in total. The monoisotopic (exact) mass is 430 g/mol. The first-order valence-corrected chi connectivity index (χ1v) is 9.98. The molecule has 2 heterocycles. The van der Waals surface area contributed by atoms with Gasteiger partial charge in [-0.05, 0) is 34.6 Å². The molecule has 0 radical (unpaired) electrons. The van der Waals surface area contributed by atoms with E-state index in [1.54, 1.807) is 34.6 Å². The fraction of sp³-hybridized carbons (Fsp3) is 0.688. The minimum Gasteiger partial charge on any atom is -0.465 e. The van der Waals surface area contributed by atoms with Crippen molar-refractivity contribution in [1.82, 2.24) is 26.1 Å². The van der Waals surface area contributed by atoms with Gasteiger partial charge >= 0.3 is 12.2 Å². The number of aryl methyl sites for hydroxylation is 2. The molecular weight excluding hydrogens is 404 g/mol. The molecule has 2 rings (SSSR count). The molecule has 1 aliphatic heterocycles. The van der Waals surface area contributed by atoms with Crippen molar-refractivity contribution in [2.75, 3.05) is 5.75 Å². The minimum atomic E-state index is -1.15. The van der Waals surface area contributed by atoms with Crippen LogP contribution >= 0.6 is 11.8 Å². The molecule has 1 aliphatic rings. The topological polar surface area (TPSA) is 151 Å². The molecule has 0 saturated carbocycles. The van der Waals surface area contributed by atoms with Crippen LogP contribution in [0.5, 0.6) is 0 Å². The first-order valence-electron chi connectivity index (χ1n) is 8.93. The van der Waals surface area contributed by atoms with E-state index in [0.29, 0.717) is 29.7 Å². The van der Waals surface area contributed by atoms with Crippen molar-refractivity contribution in [2.24, 2.45) is 4.99 Å². The number of amidine groups is 1. The molecule has 0 aromatic carbocycles. The number of carbonyl (C=O) groups is 2. The predicted octanol–water partition coefficient (Wildman–Crippen LogP) is 2.07. The summed E-state index contributed by atoms with van der Waals surface area (Å²) in [6.07, 6.45) is -1.75. The molecule has 29 heavy (non-hydrogen) atoms. The Labute approximate surface area is 172 Å². The zero-order valence-electron chi connectivity index (χ0n) is 17.0. The summed E-state index contributed by atoms with van der Waals surface area (Å²) in [4.78, 5) is 37.0. The highest BCUT2D eigenvalue weighted by Gasteiger charge is 2.29. The molecule has 12 nitrogen and oxygen atoms in total. The second-order valence-corrected chi connectivity index (χ2v) is 8.49. The van der Waals surface area contributed by atoms with E-state index in [1.165, 1.54) is 11.8 Å². The van der Waals surface area contributed by atoms with Crippen LogP contribution in [0.25, 0.3) is 0 Å². The summed E-state index contributed by atoms with van der Waals surface area (Å²) in [6.45, 7) is 8.62. The van der Waals surface area contributed by atoms with Gasteiger partial charge in [0.05, 0.1) is 5.37 Å². The van der Waals surface area contributed by atoms with Crippen LogP contribution in [-0.2, 0) is 16.0 Å². The molecule has 0 saturated heterocycles. The Bertz CT molecular complexity index is 749. The maximum Gasteiger partial charge on any atom is 0.428 e. The van der Waals surface area contributed by atoms with E-state index < -0.39 is 29.4 Å². The number of hydrogen-bond donors (Lipinski definition) is 3. The number of hydrazine groups is 1. The van der Waals surface area contributed by atoms with Crippen LogP contribution in [0, 0.1) is 6.92 Å². The number of carbonyl (C=O) groups excluding carboxylic acids is 1. The third-order valence-electron chi connectivity index (χ3n) is 3.35. The number of amides is 2. The van der Waals surface area contributed by atoms with Gasteiger partial charge in [-0.3, -0.25) is 0 Å². The summed E-state index contributed by atoms with van der Waals surface area (Å²) < 4.78 is 10.2. The van der Waals surface area contributed by atoms with E-state index >= 15 is 0 Å². The molecule has 0 spiro atoms. The lowest BCUT2D eigenvalue weighted by atomic mass is 10.2. The van der Waals surface area contributed by atoms with Crippen LogP contribution in [0.15, 0.2) is 9.52 Å². The highest BCUT2D eigenvalue weighted by Crippen LogP contribution is 2.21. The number of hydrogen-bond acceptors (Lipinski definition) is 10. The van der Waals surface area contributed by atoms with Crippen LogP contribution < -0.4 is 10.7 Å². The zero-order chi connectivity index (χ0) is 21.6. The predicted molar refractivity (Wildman–Crippen MR) is 104 cm³/mol. The van der Waals surface area contributed by atoms with Crippen molar-refractivity contribution >= 4 is 29.8 Å². The maximum atomic E-state index is 11.9. The van der Waals surface area contributed by atoms with Crippen LogP contribution in [0.1, 0.15) is 45.8 Å². The van der Waals surface area contributed by atoms with E-state index in [1.807, 2.05) is 0 Å². The smallest absolute Gasteiger partial charge is 0.428 e. The number of hydroxylamine groups is 1. The normalized spacial score (nSPS) is 17.6. The Kier molecular flexibility index (Phi) is 7.67. The number of nitrogens with one attached hydrogen (secondary N) is 2. The Morgan fingerprint density at radius 1 is 1.38 bits per heavy atom.